The number of unbranched alkanes of at least 4 members (excludes halogenated alkanes) is 4. The maximum absolute atomic E-state index is 6.64. The summed E-state index contributed by atoms with van der Waals surface area (Å²) in [4.78, 5) is 0. The van der Waals surface area contributed by atoms with Crippen molar-refractivity contribution in [2.24, 2.45) is 5.92 Å². The first kappa shape index (κ1) is 40.0. The van der Waals surface area contributed by atoms with Crippen molar-refractivity contribution in [3.8, 4) is 11.1 Å². The Labute approximate surface area is 317 Å². The minimum atomic E-state index is -0.396. The van der Waals surface area contributed by atoms with Gasteiger partial charge in [-0.05, 0) is 133 Å². The highest BCUT2D eigenvalue weighted by Gasteiger charge is 2.54. The van der Waals surface area contributed by atoms with Crippen molar-refractivity contribution in [1.29, 1.82) is 0 Å². The molecule has 3 saturated heterocycles. The zero-order valence-corrected chi connectivity index (χ0v) is 34.3. The molecule has 2 aromatic carbocycles. The van der Waals surface area contributed by atoms with Gasteiger partial charge in [-0.1, -0.05) is 95.2 Å². The van der Waals surface area contributed by atoms with Gasteiger partial charge in [-0.15, -0.1) is 0 Å². The molecule has 0 bridgehead atoms. The van der Waals surface area contributed by atoms with E-state index in [0.29, 0.717) is 5.92 Å². The number of rotatable bonds is 16. The molecule has 2 atom stereocenters. The Morgan fingerprint density at radius 1 is 0.692 bits per heavy atom. The van der Waals surface area contributed by atoms with Crippen LogP contribution in [-0.2, 0) is 33.5 Å². The minimum absolute atomic E-state index is 0.00560. The molecule has 8 heteroatoms. The molecule has 6 nitrogen and oxygen atoms in total. The number of ether oxygens (including phenoxy) is 2. The fraction of sp³-hybridized carbons (Fsp3) is 0.727. The third-order valence-electron chi connectivity index (χ3n) is 13.6. The van der Waals surface area contributed by atoms with Gasteiger partial charge in [0, 0.05) is 18.6 Å². The average molecular weight is 715 g/mol. The summed E-state index contributed by atoms with van der Waals surface area (Å²) in [5.74, 6) is 0.628. The summed E-state index contributed by atoms with van der Waals surface area (Å²) < 4.78 is 38.5. The largest absolute Gasteiger partial charge is 0.494 e. The van der Waals surface area contributed by atoms with Gasteiger partial charge in [-0.2, -0.15) is 0 Å². The van der Waals surface area contributed by atoms with Crippen LogP contribution in [0.2, 0.25) is 0 Å². The van der Waals surface area contributed by atoms with Gasteiger partial charge in [0.15, 0.2) is 6.29 Å². The fourth-order valence-electron chi connectivity index (χ4n) is 8.75. The molecule has 3 aliphatic heterocycles. The number of hydrogen-bond acceptors (Lipinski definition) is 6. The summed E-state index contributed by atoms with van der Waals surface area (Å²) in [5.41, 5.74) is 6.09. The number of fused-ring (bicyclic) bond motifs is 3. The van der Waals surface area contributed by atoms with Crippen molar-refractivity contribution in [2.45, 2.75) is 187 Å². The molecule has 1 aliphatic carbocycles. The van der Waals surface area contributed by atoms with E-state index in [9.17, 15) is 0 Å². The van der Waals surface area contributed by atoms with E-state index in [1.807, 2.05) is 0 Å². The zero-order valence-electron chi connectivity index (χ0n) is 34.3. The topological polar surface area (TPSA) is 55.4 Å². The lowest BCUT2D eigenvalue weighted by molar-refractivity contribution is -0.162. The van der Waals surface area contributed by atoms with Gasteiger partial charge in [0.25, 0.3) is 0 Å². The van der Waals surface area contributed by atoms with Crippen molar-refractivity contribution < 1.29 is 28.1 Å². The van der Waals surface area contributed by atoms with Crippen LogP contribution in [-0.4, -0.2) is 56.1 Å². The maximum atomic E-state index is 6.64. The molecule has 3 fully saturated rings. The van der Waals surface area contributed by atoms with Gasteiger partial charge in [0.2, 0.25) is 0 Å². The average Bonchev–Trinajstić information content (AvgIpc) is 3.60. The van der Waals surface area contributed by atoms with Gasteiger partial charge < -0.3 is 28.1 Å². The first-order chi connectivity index (χ1) is 24.6. The van der Waals surface area contributed by atoms with Gasteiger partial charge in [-0.3, -0.25) is 0 Å². The Kier molecular flexibility index (Phi) is 12.2. The lowest BCUT2D eigenvalue weighted by atomic mass is 9.65. The molecular weight excluding hydrogens is 646 g/mol. The van der Waals surface area contributed by atoms with Gasteiger partial charge in [0.05, 0.1) is 22.4 Å². The Morgan fingerprint density at radius 3 is 1.71 bits per heavy atom. The molecule has 0 spiro atoms. The summed E-state index contributed by atoms with van der Waals surface area (Å²) in [6, 6.07) is 14.1. The summed E-state index contributed by atoms with van der Waals surface area (Å²) in [6.45, 7) is 23.5. The van der Waals surface area contributed by atoms with E-state index in [1.165, 1.54) is 60.8 Å². The first-order valence-electron chi connectivity index (χ1n) is 20.9. The van der Waals surface area contributed by atoms with E-state index in [0.717, 1.165) is 69.1 Å². The van der Waals surface area contributed by atoms with Crippen molar-refractivity contribution >= 4 is 25.2 Å². The normalized spacial score (nSPS) is 24.2. The Hall–Kier alpha value is -1.67. The molecule has 0 N–H and O–H groups in total. The van der Waals surface area contributed by atoms with Crippen molar-refractivity contribution in [3.63, 3.8) is 0 Å². The summed E-state index contributed by atoms with van der Waals surface area (Å²) in [7, 11) is -0.792. The Bertz CT molecular complexity index is 1390. The molecule has 0 saturated carbocycles. The van der Waals surface area contributed by atoms with E-state index >= 15 is 0 Å². The molecule has 52 heavy (non-hydrogen) atoms. The molecule has 3 heterocycles. The second-order valence-corrected chi connectivity index (χ2v) is 18.3. The smallest absolute Gasteiger partial charge is 0.399 e. The second-order valence-electron chi connectivity index (χ2n) is 18.3. The molecule has 0 aromatic heterocycles. The highest BCUT2D eigenvalue weighted by molar-refractivity contribution is 6.62. The van der Waals surface area contributed by atoms with Crippen LogP contribution >= 0.6 is 0 Å². The second kappa shape index (κ2) is 15.8. The predicted molar refractivity (Wildman–Crippen MR) is 215 cm³/mol. The van der Waals surface area contributed by atoms with Crippen molar-refractivity contribution in [2.75, 3.05) is 13.2 Å². The van der Waals surface area contributed by atoms with Crippen LogP contribution < -0.4 is 10.9 Å². The van der Waals surface area contributed by atoms with Crippen LogP contribution in [0, 0.1) is 5.92 Å². The molecular formula is C44H68B2O6. The Balaban J connectivity index is 1.35. The quantitative estimate of drug-likeness (QED) is 0.128. The van der Waals surface area contributed by atoms with Crippen LogP contribution in [0.5, 0.6) is 0 Å². The van der Waals surface area contributed by atoms with Crippen molar-refractivity contribution in [3.05, 3.63) is 47.5 Å². The van der Waals surface area contributed by atoms with Crippen LogP contribution in [0.3, 0.4) is 0 Å². The van der Waals surface area contributed by atoms with Gasteiger partial charge in [0.1, 0.15) is 0 Å². The van der Waals surface area contributed by atoms with Gasteiger partial charge >= 0.3 is 14.2 Å². The first-order valence-corrected chi connectivity index (χ1v) is 20.9. The van der Waals surface area contributed by atoms with E-state index in [4.69, 9.17) is 28.1 Å². The summed E-state index contributed by atoms with van der Waals surface area (Å²) in [6.07, 6.45) is 15.1. The van der Waals surface area contributed by atoms with Crippen LogP contribution in [0.1, 0.15) is 164 Å². The predicted octanol–water partition coefficient (Wildman–Crippen LogP) is 9.65. The Morgan fingerprint density at radius 2 is 1.23 bits per heavy atom. The van der Waals surface area contributed by atoms with E-state index in [1.54, 1.807) is 0 Å². The van der Waals surface area contributed by atoms with Crippen LogP contribution in [0.4, 0.5) is 0 Å². The standard InChI is InChI=1S/C44H68B2O6/c1-11-13-20-32(12-2)31-44(26-17-14-15-18-27-47-39-21-16-19-28-48-39)37-29-33(45-49-40(3,4)41(5,6)50-45)22-24-35(37)36-25-23-34(30-38(36)44)46-51-42(7,8)43(9,10)52-46/h22-25,29-30,32,39H,11-21,26-28,31H2,1-10H3. The third-order valence-corrected chi connectivity index (χ3v) is 13.6. The number of benzene rings is 2. The van der Waals surface area contributed by atoms with Crippen LogP contribution in [0.15, 0.2) is 36.4 Å². The molecule has 4 aliphatic rings. The lowest BCUT2D eigenvalue weighted by Crippen LogP contribution is -2.41. The summed E-state index contributed by atoms with van der Waals surface area (Å²) >= 11 is 0. The lowest BCUT2D eigenvalue weighted by Gasteiger charge is -2.36. The monoisotopic (exact) mass is 715 g/mol. The minimum Gasteiger partial charge on any atom is -0.399 e. The molecule has 0 amide bonds. The molecule has 2 unspecified atom stereocenters. The maximum Gasteiger partial charge on any atom is 0.494 e. The van der Waals surface area contributed by atoms with Crippen LogP contribution in [0.25, 0.3) is 11.1 Å². The molecule has 6 rings (SSSR count). The van der Waals surface area contributed by atoms with E-state index in [-0.39, 0.29) is 11.7 Å². The highest BCUT2D eigenvalue weighted by Crippen LogP contribution is 2.55. The molecule has 0 radical (unpaired) electrons. The SMILES string of the molecule is CCCCC(CC)CC1(CCCCCCOC2CCCCO2)c2cc(B3OC(C)(C)C(C)(C)O3)ccc2-c2ccc(B3OC(C)(C)C(C)(C)O3)cc21. The van der Waals surface area contributed by atoms with Crippen molar-refractivity contribution in [1.82, 2.24) is 0 Å². The summed E-state index contributed by atoms with van der Waals surface area (Å²) in [5, 5.41) is 0. The van der Waals surface area contributed by atoms with E-state index < -0.39 is 36.6 Å². The highest BCUT2D eigenvalue weighted by atomic mass is 16.7. The van der Waals surface area contributed by atoms with E-state index in [2.05, 4.69) is 106 Å². The fourth-order valence-corrected chi connectivity index (χ4v) is 8.75. The molecule has 286 valence electrons. The third kappa shape index (κ3) is 8.00. The molecule has 2 aromatic rings. The van der Waals surface area contributed by atoms with Gasteiger partial charge in [-0.25, -0.2) is 0 Å². The number of hydrogen-bond donors (Lipinski definition) is 0. The zero-order chi connectivity index (χ0) is 37.4.